The fourth-order valence-corrected chi connectivity index (χ4v) is 4.33. The molecular weight excluding hydrogens is 332 g/mol. The van der Waals surface area contributed by atoms with Crippen molar-refractivity contribution >= 4 is 27.1 Å². The van der Waals surface area contributed by atoms with Gasteiger partial charge in [0.05, 0.1) is 10.4 Å². The van der Waals surface area contributed by atoms with Gasteiger partial charge in [-0.15, -0.1) is 0 Å². The van der Waals surface area contributed by atoms with E-state index in [-0.39, 0.29) is 6.04 Å². The second-order valence-corrected chi connectivity index (χ2v) is 7.25. The zero-order valence-corrected chi connectivity index (χ0v) is 13.9. The summed E-state index contributed by atoms with van der Waals surface area (Å²) in [4.78, 5) is 13.1. The highest BCUT2D eigenvalue weighted by atomic mass is 32.2. The first-order chi connectivity index (χ1) is 11.4. The first kappa shape index (κ1) is 18.2. The molecule has 1 aromatic carbocycles. The Kier molecular flexibility index (Phi) is 6.10. The lowest BCUT2D eigenvalue weighted by Crippen LogP contribution is -2.36. The van der Waals surface area contributed by atoms with E-state index in [0.29, 0.717) is 15.8 Å². The van der Waals surface area contributed by atoms with E-state index in [9.17, 15) is 8.42 Å². The molecule has 0 spiro atoms. The van der Waals surface area contributed by atoms with Gasteiger partial charge in [-0.05, 0) is 37.1 Å². The Hall–Kier alpha value is -2.19. The van der Waals surface area contributed by atoms with Gasteiger partial charge >= 0.3 is 6.16 Å². The number of benzene rings is 1. The third-order valence-electron chi connectivity index (χ3n) is 3.82. The molecule has 130 valence electrons. The zero-order valence-electron chi connectivity index (χ0n) is 13.1. The molecule has 0 unspecified atom stereocenters. The van der Waals surface area contributed by atoms with Crippen LogP contribution < -0.4 is 4.72 Å². The van der Waals surface area contributed by atoms with Gasteiger partial charge < -0.3 is 10.2 Å². The first-order valence-corrected chi connectivity index (χ1v) is 9.16. The summed E-state index contributed by atoms with van der Waals surface area (Å²) >= 11 is 0. The molecule has 24 heavy (non-hydrogen) atoms. The van der Waals surface area contributed by atoms with Crippen molar-refractivity contribution in [1.82, 2.24) is 9.71 Å². The van der Waals surface area contributed by atoms with Crippen LogP contribution in [0.15, 0.2) is 41.4 Å². The molecule has 3 rings (SSSR count). The van der Waals surface area contributed by atoms with E-state index >= 15 is 0 Å². The molecule has 1 aliphatic carbocycles. The summed E-state index contributed by atoms with van der Waals surface area (Å²) in [6.07, 6.45) is 5.11. The Morgan fingerprint density at radius 2 is 1.75 bits per heavy atom. The van der Waals surface area contributed by atoms with Crippen LogP contribution in [-0.2, 0) is 10.0 Å². The fourth-order valence-electron chi connectivity index (χ4n) is 2.81. The number of pyridine rings is 1. The summed E-state index contributed by atoms with van der Waals surface area (Å²) in [5.74, 6) is 0. The molecule has 1 aromatic heterocycles. The molecule has 2 aromatic rings. The number of sulfonamides is 1. The highest BCUT2D eigenvalue weighted by molar-refractivity contribution is 7.89. The highest BCUT2D eigenvalue weighted by Gasteiger charge is 2.23. The number of aromatic nitrogens is 1. The van der Waals surface area contributed by atoms with Gasteiger partial charge in [0.15, 0.2) is 0 Å². The third-order valence-corrected chi connectivity index (χ3v) is 5.40. The number of hydrogen-bond acceptors (Lipinski definition) is 4. The maximum absolute atomic E-state index is 12.6. The van der Waals surface area contributed by atoms with Crippen molar-refractivity contribution < 1.29 is 23.4 Å². The predicted octanol–water partition coefficient (Wildman–Crippen LogP) is 3.07. The van der Waals surface area contributed by atoms with Crippen LogP contribution in [0.4, 0.5) is 4.79 Å². The van der Waals surface area contributed by atoms with Crippen molar-refractivity contribution in [2.24, 2.45) is 0 Å². The van der Waals surface area contributed by atoms with Crippen LogP contribution in [0.25, 0.3) is 10.9 Å². The van der Waals surface area contributed by atoms with Crippen LogP contribution in [0.2, 0.25) is 0 Å². The van der Waals surface area contributed by atoms with Gasteiger partial charge in [-0.25, -0.2) is 17.9 Å². The van der Waals surface area contributed by atoms with E-state index in [1.54, 1.807) is 30.5 Å². The smallest absolute Gasteiger partial charge is 0.450 e. The van der Waals surface area contributed by atoms with Gasteiger partial charge in [0.25, 0.3) is 0 Å². The molecule has 1 fully saturated rings. The number of nitrogens with one attached hydrogen (secondary N) is 1. The minimum absolute atomic E-state index is 0.0701. The van der Waals surface area contributed by atoms with E-state index in [1.807, 2.05) is 6.07 Å². The average Bonchev–Trinajstić information content (AvgIpc) is 2.54. The molecule has 1 heterocycles. The Labute approximate surface area is 140 Å². The van der Waals surface area contributed by atoms with Crippen LogP contribution in [0, 0.1) is 0 Å². The number of rotatable bonds is 3. The van der Waals surface area contributed by atoms with Crippen LogP contribution in [0.1, 0.15) is 32.1 Å². The molecular formula is C16H20N2O5S. The second-order valence-electron chi connectivity index (χ2n) is 5.57. The lowest BCUT2D eigenvalue weighted by Gasteiger charge is -2.22. The van der Waals surface area contributed by atoms with Gasteiger partial charge in [-0.2, -0.15) is 0 Å². The van der Waals surface area contributed by atoms with E-state index in [1.165, 1.54) is 6.42 Å². The van der Waals surface area contributed by atoms with Gasteiger partial charge in [0, 0.05) is 17.6 Å². The number of carbonyl (C=O) groups is 1. The molecule has 1 saturated carbocycles. The molecule has 0 aliphatic heterocycles. The van der Waals surface area contributed by atoms with Gasteiger partial charge in [0.2, 0.25) is 10.0 Å². The van der Waals surface area contributed by atoms with E-state index < -0.39 is 16.2 Å². The summed E-state index contributed by atoms with van der Waals surface area (Å²) in [5.41, 5.74) is 0.707. The standard InChI is InChI=1S/C15H18N2O2S.CH2O3/c18-20(19,17-12-6-2-1-3-7-12)15-10-4-9-14-13(15)8-5-11-16-14;2-1(3)4/h4-5,8-12,17H,1-3,6-7H2;(H2,2,3,4). The Morgan fingerprint density at radius 3 is 2.42 bits per heavy atom. The average molecular weight is 352 g/mol. The summed E-state index contributed by atoms with van der Waals surface area (Å²) in [7, 11) is -3.48. The normalized spacial score (nSPS) is 15.5. The molecule has 0 atom stereocenters. The molecule has 0 amide bonds. The zero-order chi connectivity index (χ0) is 17.6. The van der Waals surface area contributed by atoms with Crippen LogP contribution in [0.3, 0.4) is 0 Å². The summed E-state index contributed by atoms with van der Waals surface area (Å²) in [5, 5.41) is 14.6. The second kappa shape index (κ2) is 8.07. The van der Waals surface area contributed by atoms with E-state index in [2.05, 4.69) is 9.71 Å². The van der Waals surface area contributed by atoms with Crippen LogP contribution >= 0.6 is 0 Å². The molecule has 7 nitrogen and oxygen atoms in total. The van der Waals surface area contributed by atoms with Gasteiger partial charge in [-0.1, -0.05) is 25.3 Å². The SMILES string of the molecule is O=C(O)O.O=S(=O)(NC1CCCCC1)c1cccc2ncccc12. The minimum atomic E-state index is -3.48. The number of nitrogens with zero attached hydrogens (tertiary/aromatic N) is 1. The molecule has 8 heteroatoms. The number of hydrogen-bond donors (Lipinski definition) is 3. The Balaban J connectivity index is 0.000000471. The topological polar surface area (TPSA) is 117 Å². The van der Waals surface area contributed by atoms with Crippen molar-refractivity contribution in [3.05, 3.63) is 36.5 Å². The van der Waals surface area contributed by atoms with Crippen LogP contribution in [-0.4, -0.2) is 35.8 Å². The largest absolute Gasteiger partial charge is 0.503 e. The lowest BCUT2D eigenvalue weighted by molar-refractivity contribution is 0.137. The van der Waals surface area contributed by atoms with Gasteiger partial charge in [-0.3, -0.25) is 4.98 Å². The maximum Gasteiger partial charge on any atom is 0.503 e. The van der Waals surface area contributed by atoms with E-state index in [0.717, 1.165) is 25.7 Å². The van der Waals surface area contributed by atoms with Crippen LogP contribution in [0.5, 0.6) is 0 Å². The quantitative estimate of drug-likeness (QED) is 0.781. The monoisotopic (exact) mass is 352 g/mol. The number of carboxylic acid groups (broad SMARTS) is 2. The van der Waals surface area contributed by atoms with Crippen molar-refractivity contribution in [2.75, 3.05) is 0 Å². The summed E-state index contributed by atoms with van der Waals surface area (Å²) in [6, 6.07) is 8.86. The Bertz CT molecular complexity index is 792. The van der Waals surface area contributed by atoms with Crippen molar-refractivity contribution in [3.8, 4) is 0 Å². The minimum Gasteiger partial charge on any atom is -0.450 e. The van der Waals surface area contributed by atoms with Crippen molar-refractivity contribution in [1.29, 1.82) is 0 Å². The fraction of sp³-hybridized carbons (Fsp3) is 0.375. The highest BCUT2D eigenvalue weighted by Crippen LogP contribution is 2.24. The first-order valence-electron chi connectivity index (χ1n) is 7.68. The molecule has 0 bridgehead atoms. The van der Waals surface area contributed by atoms with Crippen molar-refractivity contribution in [3.63, 3.8) is 0 Å². The predicted molar refractivity (Wildman–Crippen MR) is 89.6 cm³/mol. The van der Waals surface area contributed by atoms with Gasteiger partial charge in [0.1, 0.15) is 0 Å². The summed E-state index contributed by atoms with van der Waals surface area (Å²) < 4.78 is 28.0. The lowest BCUT2D eigenvalue weighted by atomic mass is 9.96. The number of fused-ring (bicyclic) bond motifs is 1. The maximum atomic E-state index is 12.6. The Morgan fingerprint density at radius 1 is 1.08 bits per heavy atom. The molecule has 0 saturated heterocycles. The summed E-state index contributed by atoms with van der Waals surface area (Å²) in [6.45, 7) is 0. The third kappa shape index (κ3) is 4.90. The molecule has 1 aliphatic rings. The molecule has 0 radical (unpaired) electrons. The van der Waals surface area contributed by atoms with Crippen molar-refractivity contribution in [2.45, 2.75) is 43.0 Å². The molecule has 3 N–H and O–H groups in total. The van der Waals surface area contributed by atoms with E-state index in [4.69, 9.17) is 15.0 Å².